The van der Waals surface area contributed by atoms with Gasteiger partial charge in [0, 0.05) is 0 Å². The van der Waals surface area contributed by atoms with Crippen LogP contribution in [0.3, 0.4) is 0 Å². The maximum absolute atomic E-state index is 8.82. The van der Waals surface area contributed by atoms with E-state index in [4.69, 9.17) is 15.9 Å². The van der Waals surface area contributed by atoms with Crippen LogP contribution in [-0.4, -0.2) is 25.7 Å². The van der Waals surface area contributed by atoms with Crippen molar-refractivity contribution in [3.63, 3.8) is 0 Å². The number of hydrogen-bond acceptors (Lipinski definition) is 2. The van der Waals surface area contributed by atoms with Crippen LogP contribution in [0, 0.1) is 0 Å². The van der Waals surface area contributed by atoms with E-state index in [2.05, 4.69) is 0 Å². The summed E-state index contributed by atoms with van der Waals surface area (Å²) in [5.41, 5.74) is 0. The van der Waals surface area contributed by atoms with E-state index < -0.39 is 13.6 Å². The Balaban J connectivity index is -0.0000000800. The zero-order chi connectivity index (χ0) is 4.50. The molecule has 0 aliphatic heterocycles. The summed E-state index contributed by atoms with van der Waals surface area (Å²) in [6.07, 6.45) is 0. The van der Waals surface area contributed by atoms with E-state index in [1.807, 2.05) is 0 Å². The van der Waals surface area contributed by atoms with Crippen LogP contribution in [0.1, 0.15) is 0 Å². The molecule has 0 aromatic carbocycles. The quantitative estimate of drug-likeness (QED) is 0.321. The molecule has 0 amide bonds. The average Bonchev–Trinajstić information content (AvgIpc) is 0.722. The monoisotopic (exact) mass is 182 g/mol. The summed E-state index contributed by atoms with van der Waals surface area (Å²) in [6, 6.07) is 0. The van der Waals surface area contributed by atoms with Crippen molar-refractivity contribution in [2.45, 2.75) is 0 Å². The van der Waals surface area contributed by atoms with E-state index in [0.29, 0.717) is 0 Å². The van der Waals surface area contributed by atoms with Crippen LogP contribution in [-0.2, 0) is 21.2 Å². The second-order valence-corrected chi connectivity index (χ2v) is 1.85. The Bertz CT molecular complexity index is 94.9. The molecule has 0 heterocycles. The molecule has 7 heteroatoms. The molecule has 1 atom stereocenters. The molecular weight excluding hydrogens is 174 g/mol. The Morgan fingerprint density at radius 1 is 1.14 bits per heavy atom. The first-order chi connectivity index (χ1) is 2.00. The van der Waals surface area contributed by atoms with Gasteiger partial charge in [0.1, 0.15) is 0 Å². The first-order valence-electron chi connectivity index (χ1n) is 0.698. The van der Waals surface area contributed by atoms with Gasteiger partial charge in [-0.15, -0.1) is 0 Å². The van der Waals surface area contributed by atoms with Crippen LogP contribution in [0.4, 0.5) is 0 Å². The molecule has 0 spiro atoms. The summed E-state index contributed by atoms with van der Waals surface area (Å²) in [6.45, 7) is 0. The Morgan fingerprint density at radius 2 is 1.14 bits per heavy atom. The molecule has 46 valence electrons. The fraction of sp³-hybridized carbons (Fsp3) is 0. The van der Waals surface area contributed by atoms with Crippen molar-refractivity contribution in [3.05, 3.63) is 0 Å². The zero-order valence-electron chi connectivity index (χ0n) is 2.83. The first kappa shape index (κ1) is 15.7. The van der Waals surface area contributed by atoms with Crippen LogP contribution >= 0.6 is 9.90 Å². The molecule has 0 saturated heterocycles. The van der Waals surface area contributed by atoms with Crippen LogP contribution in [0.5, 0.6) is 0 Å². The van der Waals surface area contributed by atoms with Crippen molar-refractivity contribution in [2.75, 3.05) is 0 Å². The Morgan fingerprint density at radius 3 is 1.14 bits per heavy atom. The van der Waals surface area contributed by atoms with Gasteiger partial charge in [0.2, 0.25) is 0 Å². The fourth-order valence-corrected chi connectivity index (χ4v) is 0. The topological polar surface area (TPSA) is 74.6 Å². The minimum absolute atomic E-state index is 0. The van der Waals surface area contributed by atoms with Crippen LogP contribution in [0.15, 0.2) is 0 Å². The molecule has 0 bridgehead atoms. The summed E-state index contributed by atoms with van der Waals surface area (Å²) in [5, 5.41) is 0. The predicted octanol–water partition coefficient (Wildman–Crippen LogP) is -2.48. The molecule has 0 aromatic rings. The van der Waals surface area contributed by atoms with Gasteiger partial charge in [-0.1, -0.05) is 0 Å². The van der Waals surface area contributed by atoms with Crippen molar-refractivity contribution in [3.8, 4) is 0 Å². The molecule has 0 radical (unpaired) electrons. The van der Waals surface area contributed by atoms with Gasteiger partial charge < -0.3 is 0 Å². The van der Waals surface area contributed by atoms with Gasteiger partial charge in [-0.25, -0.2) is 0 Å². The van der Waals surface area contributed by atoms with E-state index in [-0.39, 0.29) is 27.3 Å². The van der Waals surface area contributed by atoms with E-state index in [1.165, 1.54) is 0 Å². The van der Waals surface area contributed by atoms with Gasteiger partial charge in [-0.3, -0.25) is 0 Å². The van der Waals surface area contributed by atoms with E-state index >= 15 is 0 Å². The Labute approximate surface area is 57.1 Å². The first-order valence-corrected chi connectivity index (χ1v) is 2.88. The van der Waals surface area contributed by atoms with E-state index in [0.717, 1.165) is 0 Å². The molecule has 0 saturated carbocycles. The molecule has 0 rings (SSSR count). The van der Waals surface area contributed by atoms with Gasteiger partial charge in [-0.2, -0.15) is 9.90 Å². The summed E-state index contributed by atoms with van der Waals surface area (Å²) in [7, 11) is 0. The summed E-state index contributed by atoms with van der Waals surface area (Å²) in [4.78, 5) is 0. The molecular formula is H8AlCrO4P. The van der Waals surface area contributed by atoms with Gasteiger partial charge in [-0.05, 0) is 0 Å². The van der Waals surface area contributed by atoms with Crippen LogP contribution < -0.4 is 0 Å². The van der Waals surface area contributed by atoms with Crippen LogP contribution in [0.2, 0.25) is 0 Å². The predicted molar refractivity (Wildman–Crippen MR) is 26.9 cm³/mol. The second-order valence-electron chi connectivity index (χ2n) is 0.448. The van der Waals surface area contributed by atoms with Crippen LogP contribution in [0.25, 0.3) is 0 Å². The Kier molecular flexibility index (Phi) is 11.6. The molecule has 0 aliphatic rings. The SMILES string of the molecule is P.[AlH3].[O]=[Cr](=[O])([OH])[OH]. The van der Waals surface area contributed by atoms with Gasteiger partial charge >= 0.3 is 29.5 Å². The van der Waals surface area contributed by atoms with Gasteiger partial charge in [0.25, 0.3) is 0 Å². The zero-order valence-corrected chi connectivity index (χ0v) is 5.52. The van der Waals surface area contributed by atoms with Crippen molar-refractivity contribution < 1.29 is 29.5 Å². The summed E-state index contributed by atoms with van der Waals surface area (Å²) < 4.78 is 31.9. The minimum atomic E-state index is -5.25. The number of rotatable bonds is 0. The normalized spacial score (nSPS) is 8.29. The standard InChI is InChI=1S/Al.Cr.2H2O.2O.H3P.3H/h;;2*1H2;;;1H3;;;/q;+2;;;;;;;;/p-2. The van der Waals surface area contributed by atoms with Gasteiger partial charge in [0.05, 0.1) is 0 Å². The van der Waals surface area contributed by atoms with Crippen molar-refractivity contribution in [2.24, 2.45) is 0 Å². The molecule has 0 aliphatic carbocycles. The van der Waals surface area contributed by atoms with Gasteiger partial charge in [0.15, 0.2) is 17.4 Å². The third-order valence-corrected chi connectivity index (χ3v) is 0. The van der Waals surface area contributed by atoms with E-state index in [9.17, 15) is 0 Å². The second kappa shape index (κ2) is 5.16. The maximum atomic E-state index is 8.82. The third-order valence-electron chi connectivity index (χ3n) is 0. The third kappa shape index (κ3) is 171. The molecule has 7 heavy (non-hydrogen) atoms. The molecule has 2 N–H and O–H groups in total. The van der Waals surface area contributed by atoms with Crippen molar-refractivity contribution >= 4 is 27.3 Å². The fourth-order valence-electron chi connectivity index (χ4n) is 0. The summed E-state index contributed by atoms with van der Waals surface area (Å²) >= 11 is -5.25. The average molecular weight is 182 g/mol. The molecule has 0 aromatic heterocycles. The molecule has 0 fully saturated rings. The van der Waals surface area contributed by atoms with Crippen molar-refractivity contribution in [1.29, 1.82) is 0 Å². The van der Waals surface area contributed by atoms with E-state index in [1.54, 1.807) is 0 Å². The molecule has 4 nitrogen and oxygen atoms in total. The number of hydrogen-bond donors (Lipinski definition) is 2. The van der Waals surface area contributed by atoms with Crippen molar-refractivity contribution in [1.82, 2.24) is 0 Å². The molecule has 1 unspecified atom stereocenters. The summed E-state index contributed by atoms with van der Waals surface area (Å²) in [5.74, 6) is 0. The Hall–Kier alpha value is 1.01.